The molecule has 0 aromatic carbocycles. The van der Waals surface area contributed by atoms with E-state index in [9.17, 15) is 5.11 Å². The number of aliphatic hydroxyl groups excluding tert-OH is 1. The smallest absolute Gasteiger partial charge is 0.102 e. The van der Waals surface area contributed by atoms with Crippen LogP contribution in [0.3, 0.4) is 0 Å². The second-order valence-corrected chi connectivity index (χ2v) is 8.89. The summed E-state index contributed by atoms with van der Waals surface area (Å²) in [7, 11) is 1.94. The van der Waals surface area contributed by atoms with Gasteiger partial charge in [-0.25, -0.2) is 0 Å². The fraction of sp³-hybridized carbons (Fsp3) is 0.812. The fourth-order valence-corrected chi connectivity index (χ4v) is 6.70. The first-order chi connectivity index (χ1) is 9.41. The number of aliphatic hydroxyl groups is 1. The van der Waals surface area contributed by atoms with Gasteiger partial charge in [0.2, 0.25) is 0 Å². The van der Waals surface area contributed by atoms with Crippen LogP contribution in [0.4, 0.5) is 0 Å². The summed E-state index contributed by atoms with van der Waals surface area (Å²) in [4.78, 5) is 0. The average Bonchev–Trinajstić information content (AvgIpc) is 2.65. The van der Waals surface area contributed by atoms with Crippen molar-refractivity contribution in [1.82, 2.24) is 9.78 Å². The Morgan fingerprint density at radius 1 is 1.35 bits per heavy atom. The van der Waals surface area contributed by atoms with Gasteiger partial charge < -0.3 is 5.11 Å². The zero-order valence-corrected chi connectivity index (χ0v) is 13.9. The van der Waals surface area contributed by atoms with E-state index in [1.165, 1.54) is 38.5 Å². The van der Waals surface area contributed by atoms with Crippen molar-refractivity contribution in [2.24, 2.45) is 29.7 Å². The fourth-order valence-electron chi connectivity index (χ4n) is 6.14. The minimum absolute atomic E-state index is 0.0924. The lowest BCUT2D eigenvalue weighted by Gasteiger charge is -2.62. The molecule has 4 bridgehead atoms. The SMILES string of the molecule is Cn1ncc(Br)c1C(O)C12CC3CC(CC(C)(C3)C1)C2. The summed E-state index contributed by atoms with van der Waals surface area (Å²) in [6, 6.07) is 0. The van der Waals surface area contributed by atoms with Crippen molar-refractivity contribution in [2.75, 3.05) is 0 Å². The van der Waals surface area contributed by atoms with Gasteiger partial charge in [0.25, 0.3) is 0 Å². The zero-order chi connectivity index (χ0) is 14.1. The van der Waals surface area contributed by atoms with E-state index in [1.54, 1.807) is 6.20 Å². The van der Waals surface area contributed by atoms with Crippen LogP contribution in [0, 0.1) is 22.7 Å². The molecule has 1 N–H and O–H groups in total. The van der Waals surface area contributed by atoms with Crippen LogP contribution in [0.25, 0.3) is 0 Å². The van der Waals surface area contributed by atoms with Crippen LogP contribution in [-0.4, -0.2) is 14.9 Å². The second kappa shape index (κ2) is 4.10. The molecule has 4 aliphatic rings. The quantitative estimate of drug-likeness (QED) is 0.889. The average molecular weight is 339 g/mol. The molecule has 4 heteroatoms. The minimum atomic E-state index is -0.380. The van der Waals surface area contributed by atoms with E-state index < -0.39 is 0 Å². The van der Waals surface area contributed by atoms with Crippen molar-refractivity contribution < 1.29 is 5.11 Å². The minimum Gasteiger partial charge on any atom is -0.386 e. The van der Waals surface area contributed by atoms with E-state index in [0.717, 1.165) is 22.0 Å². The van der Waals surface area contributed by atoms with E-state index in [0.29, 0.717) is 5.41 Å². The molecule has 3 unspecified atom stereocenters. The molecule has 0 aliphatic heterocycles. The third-order valence-corrected chi connectivity index (χ3v) is 6.79. The van der Waals surface area contributed by atoms with Crippen LogP contribution >= 0.6 is 15.9 Å². The monoisotopic (exact) mass is 338 g/mol. The van der Waals surface area contributed by atoms with Crippen LogP contribution in [-0.2, 0) is 7.05 Å². The Hall–Kier alpha value is -0.350. The molecule has 0 amide bonds. The highest BCUT2D eigenvalue weighted by Crippen LogP contribution is 2.68. The third kappa shape index (κ3) is 1.77. The Morgan fingerprint density at radius 3 is 2.50 bits per heavy atom. The molecule has 1 aromatic heterocycles. The molecular weight excluding hydrogens is 316 g/mol. The molecule has 0 spiro atoms. The first kappa shape index (κ1) is 13.3. The maximum Gasteiger partial charge on any atom is 0.102 e. The molecule has 3 nitrogen and oxygen atoms in total. The summed E-state index contributed by atoms with van der Waals surface area (Å²) in [5.41, 5.74) is 1.53. The van der Waals surface area contributed by atoms with Gasteiger partial charge in [0.05, 0.1) is 16.4 Å². The van der Waals surface area contributed by atoms with Gasteiger partial charge in [-0.3, -0.25) is 4.68 Å². The van der Waals surface area contributed by atoms with Crippen LogP contribution in [0.1, 0.15) is 57.2 Å². The van der Waals surface area contributed by atoms with Crippen LogP contribution < -0.4 is 0 Å². The van der Waals surface area contributed by atoms with Crippen LogP contribution in [0.5, 0.6) is 0 Å². The largest absolute Gasteiger partial charge is 0.386 e. The number of aryl methyl sites for hydroxylation is 1. The lowest BCUT2D eigenvalue weighted by atomic mass is 9.43. The topological polar surface area (TPSA) is 38.0 Å². The number of hydrogen-bond donors (Lipinski definition) is 1. The van der Waals surface area contributed by atoms with Gasteiger partial charge in [-0.2, -0.15) is 5.10 Å². The third-order valence-electron chi connectivity index (χ3n) is 6.18. The number of halogens is 1. The maximum atomic E-state index is 11.2. The lowest BCUT2D eigenvalue weighted by Crippen LogP contribution is -2.53. The first-order valence-corrected chi connectivity index (χ1v) is 8.56. The van der Waals surface area contributed by atoms with Crippen molar-refractivity contribution >= 4 is 15.9 Å². The molecule has 4 saturated carbocycles. The summed E-state index contributed by atoms with van der Waals surface area (Å²) >= 11 is 3.57. The molecule has 110 valence electrons. The van der Waals surface area contributed by atoms with Gasteiger partial charge in [0.15, 0.2) is 0 Å². The predicted molar refractivity (Wildman–Crippen MR) is 81.1 cm³/mol. The molecule has 0 saturated heterocycles. The van der Waals surface area contributed by atoms with Gasteiger partial charge in [0.1, 0.15) is 6.10 Å². The van der Waals surface area contributed by atoms with E-state index in [1.807, 2.05) is 11.7 Å². The Balaban J connectivity index is 1.74. The number of hydrogen-bond acceptors (Lipinski definition) is 2. The molecule has 5 rings (SSSR count). The Bertz CT molecular complexity index is 519. The standard InChI is InChI=1S/C16H23BrN2O/c1-15-4-10-3-11(5-15)7-16(6-10,9-15)14(20)13-12(17)8-18-19(13)2/h8,10-11,14,20H,3-7,9H2,1-2H3. The molecular formula is C16H23BrN2O. The Labute approximate surface area is 128 Å². The van der Waals surface area contributed by atoms with Gasteiger partial charge in [-0.05, 0) is 71.7 Å². The maximum absolute atomic E-state index is 11.2. The van der Waals surface area contributed by atoms with Crippen molar-refractivity contribution in [2.45, 2.75) is 51.6 Å². The number of aromatic nitrogens is 2. The van der Waals surface area contributed by atoms with E-state index in [4.69, 9.17) is 0 Å². The summed E-state index contributed by atoms with van der Waals surface area (Å²) in [6.07, 6.45) is 9.18. The highest BCUT2D eigenvalue weighted by Gasteiger charge is 2.59. The molecule has 0 radical (unpaired) electrons. The van der Waals surface area contributed by atoms with Crippen LogP contribution in [0.15, 0.2) is 10.7 Å². The van der Waals surface area contributed by atoms with Crippen molar-refractivity contribution in [3.05, 3.63) is 16.4 Å². The van der Waals surface area contributed by atoms with Crippen molar-refractivity contribution in [3.8, 4) is 0 Å². The summed E-state index contributed by atoms with van der Waals surface area (Å²) < 4.78 is 2.80. The summed E-state index contributed by atoms with van der Waals surface area (Å²) in [5.74, 6) is 1.67. The summed E-state index contributed by atoms with van der Waals surface area (Å²) in [6.45, 7) is 2.45. The summed E-state index contributed by atoms with van der Waals surface area (Å²) in [5, 5.41) is 15.5. The Kier molecular flexibility index (Phi) is 2.73. The van der Waals surface area contributed by atoms with Gasteiger partial charge in [-0.15, -0.1) is 0 Å². The van der Waals surface area contributed by atoms with Gasteiger partial charge in [0, 0.05) is 12.5 Å². The Morgan fingerprint density at radius 2 is 2.00 bits per heavy atom. The van der Waals surface area contributed by atoms with Gasteiger partial charge in [-0.1, -0.05) is 6.92 Å². The molecule has 3 atom stereocenters. The lowest BCUT2D eigenvalue weighted by molar-refractivity contribution is -0.157. The van der Waals surface area contributed by atoms with E-state index >= 15 is 0 Å². The first-order valence-electron chi connectivity index (χ1n) is 7.76. The van der Waals surface area contributed by atoms with Crippen LogP contribution in [0.2, 0.25) is 0 Å². The molecule has 4 fully saturated rings. The predicted octanol–water partition coefficient (Wildman–Crippen LogP) is 3.82. The van der Waals surface area contributed by atoms with E-state index in [-0.39, 0.29) is 11.5 Å². The number of rotatable bonds is 2. The van der Waals surface area contributed by atoms with E-state index in [2.05, 4.69) is 28.0 Å². The van der Waals surface area contributed by atoms with Crippen molar-refractivity contribution in [1.29, 1.82) is 0 Å². The highest BCUT2D eigenvalue weighted by atomic mass is 79.9. The molecule has 4 aliphatic carbocycles. The molecule has 1 heterocycles. The number of nitrogens with zero attached hydrogens (tertiary/aromatic N) is 2. The highest BCUT2D eigenvalue weighted by molar-refractivity contribution is 9.10. The normalized spacial score (nSPS) is 44.0. The zero-order valence-electron chi connectivity index (χ0n) is 12.3. The second-order valence-electron chi connectivity index (χ2n) is 8.04. The van der Waals surface area contributed by atoms with Crippen molar-refractivity contribution in [3.63, 3.8) is 0 Å². The molecule has 1 aromatic rings. The molecule has 20 heavy (non-hydrogen) atoms. The van der Waals surface area contributed by atoms with Gasteiger partial charge >= 0.3 is 0 Å².